The SMILES string of the molecule is CC(C)C(=O)C1=C(O)C(=O)N(c2cc(Cl)c(=O)n(CCO)c2)C1c1ccc(Cl)cc1. The van der Waals surface area contributed by atoms with Crippen molar-refractivity contribution in [2.45, 2.75) is 26.4 Å². The lowest BCUT2D eigenvalue weighted by atomic mass is 9.91. The van der Waals surface area contributed by atoms with Crippen molar-refractivity contribution in [3.63, 3.8) is 0 Å². The number of amides is 1. The number of ketones is 1. The van der Waals surface area contributed by atoms with Crippen LogP contribution in [0.15, 0.2) is 52.7 Å². The third-order valence-electron chi connectivity index (χ3n) is 4.83. The Bertz CT molecular complexity index is 1090. The maximum Gasteiger partial charge on any atom is 0.294 e. The summed E-state index contributed by atoms with van der Waals surface area (Å²) in [5.41, 5.74) is 0.195. The molecule has 0 saturated heterocycles. The molecule has 2 aromatic rings. The van der Waals surface area contributed by atoms with Gasteiger partial charge in [0.25, 0.3) is 11.5 Å². The lowest BCUT2D eigenvalue weighted by Crippen LogP contribution is -2.33. The number of benzene rings is 1. The lowest BCUT2D eigenvalue weighted by molar-refractivity contribution is -0.119. The van der Waals surface area contributed by atoms with E-state index in [0.29, 0.717) is 10.6 Å². The van der Waals surface area contributed by atoms with E-state index in [1.165, 1.54) is 21.7 Å². The normalized spacial score (nSPS) is 16.7. The van der Waals surface area contributed by atoms with Crippen molar-refractivity contribution in [2.24, 2.45) is 5.92 Å². The van der Waals surface area contributed by atoms with Crippen LogP contribution in [0.25, 0.3) is 0 Å². The first-order valence-corrected chi connectivity index (χ1v) is 10.00. The number of nitrogens with zero attached hydrogens (tertiary/aromatic N) is 2. The monoisotopic (exact) mass is 450 g/mol. The number of carbonyl (C=O) groups excluding carboxylic acids is 2. The van der Waals surface area contributed by atoms with Crippen molar-refractivity contribution >= 4 is 40.6 Å². The van der Waals surface area contributed by atoms with Gasteiger partial charge in [0.15, 0.2) is 11.5 Å². The number of rotatable bonds is 6. The minimum atomic E-state index is -0.930. The first-order chi connectivity index (χ1) is 14.2. The van der Waals surface area contributed by atoms with Gasteiger partial charge in [-0.1, -0.05) is 49.2 Å². The smallest absolute Gasteiger partial charge is 0.294 e. The summed E-state index contributed by atoms with van der Waals surface area (Å²) in [7, 11) is 0. The fourth-order valence-electron chi connectivity index (χ4n) is 3.38. The molecule has 2 heterocycles. The molecule has 0 bridgehead atoms. The zero-order chi connectivity index (χ0) is 22.2. The average molecular weight is 451 g/mol. The second-order valence-corrected chi connectivity index (χ2v) is 8.02. The molecule has 158 valence electrons. The van der Waals surface area contributed by atoms with E-state index in [2.05, 4.69) is 0 Å². The van der Waals surface area contributed by atoms with Gasteiger partial charge in [-0.2, -0.15) is 0 Å². The summed E-state index contributed by atoms with van der Waals surface area (Å²) in [5.74, 6) is -2.27. The van der Waals surface area contributed by atoms with Crippen molar-refractivity contribution in [3.05, 3.63) is 73.8 Å². The van der Waals surface area contributed by atoms with Crippen LogP contribution < -0.4 is 10.5 Å². The van der Waals surface area contributed by atoms with Gasteiger partial charge < -0.3 is 14.8 Å². The standard InChI is InChI=1S/C21H20Cl2N2O5/c1-11(2)18(27)16-17(12-3-5-13(22)6-4-12)25(21(30)19(16)28)14-9-15(23)20(29)24(10-14)7-8-26/h3-6,9-11,17,26,28H,7-8H2,1-2H3. The number of halogens is 2. The molecule has 0 aliphatic carbocycles. The van der Waals surface area contributed by atoms with E-state index in [0.717, 1.165) is 0 Å². The van der Waals surface area contributed by atoms with Gasteiger partial charge in [0, 0.05) is 23.7 Å². The Hall–Kier alpha value is -2.61. The van der Waals surface area contributed by atoms with Crippen LogP contribution in [0.3, 0.4) is 0 Å². The van der Waals surface area contributed by atoms with E-state index in [9.17, 15) is 24.6 Å². The molecule has 30 heavy (non-hydrogen) atoms. The molecule has 0 radical (unpaired) electrons. The van der Waals surface area contributed by atoms with Gasteiger partial charge in [-0.3, -0.25) is 19.3 Å². The molecule has 1 aliphatic heterocycles. The number of Topliss-reactive ketones (excluding diaryl/α,β-unsaturated/α-hetero) is 1. The number of aromatic nitrogens is 1. The predicted octanol–water partition coefficient (Wildman–Crippen LogP) is 3.27. The zero-order valence-electron chi connectivity index (χ0n) is 16.3. The van der Waals surface area contributed by atoms with Gasteiger partial charge in [-0.25, -0.2) is 0 Å². The van der Waals surface area contributed by atoms with Crippen LogP contribution in [0, 0.1) is 5.92 Å². The molecule has 2 N–H and O–H groups in total. The summed E-state index contributed by atoms with van der Waals surface area (Å²) in [6.07, 6.45) is 1.36. The first-order valence-electron chi connectivity index (χ1n) is 9.24. The minimum absolute atomic E-state index is 0.0305. The van der Waals surface area contributed by atoms with Gasteiger partial charge in [0.1, 0.15) is 5.02 Å². The van der Waals surface area contributed by atoms with Crippen LogP contribution in [0.1, 0.15) is 25.5 Å². The Balaban J connectivity index is 2.23. The van der Waals surface area contributed by atoms with Crippen LogP contribution >= 0.6 is 23.2 Å². The van der Waals surface area contributed by atoms with Gasteiger partial charge in [-0.05, 0) is 23.8 Å². The second-order valence-electron chi connectivity index (χ2n) is 7.18. The molecule has 0 saturated carbocycles. The molecule has 7 nitrogen and oxygen atoms in total. The van der Waals surface area contributed by atoms with Gasteiger partial charge >= 0.3 is 0 Å². The van der Waals surface area contributed by atoms with Crippen LogP contribution in [0.2, 0.25) is 10.0 Å². The number of aliphatic hydroxyl groups excluding tert-OH is 2. The third-order valence-corrected chi connectivity index (χ3v) is 5.35. The first kappa shape index (κ1) is 22.1. The van der Waals surface area contributed by atoms with Crippen molar-refractivity contribution in [1.29, 1.82) is 0 Å². The highest BCUT2D eigenvalue weighted by Crippen LogP contribution is 2.42. The highest BCUT2D eigenvalue weighted by Gasteiger charge is 2.45. The lowest BCUT2D eigenvalue weighted by Gasteiger charge is -2.28. The largest absolute Gasteiger partial charge is 0.503 e. The van der Waals surface area contributed by atoms with Crippen molar-refractivity contribution in [1.82, 2.24) is 4.57 Å². The zero-order valence-corrected chi connectivity index (χ0v) is 17.8. The van der Waals surface area contributed by atoms with Gasteiger partial charge in [-0.15, -0.1) is 0 Å². The fraction of sp³-hybridized carbons (Fsp3) is 0.286. The van der Waals surface area contributed by atoms with Gasteiger partial charge in [0.2, 0.25) is 0 Å². The molecule has 0 spiro atoms. The Morgan fingerprint density at radius 1 is 1.17 bits per heavy atom. The Morgan fingerprint density at radius 2 is 1.80 bits per heavy atom. The van der Waals surface area contributed by atoms with E-state index in [-0.39, 0.29) is 35.2 Å². The predicted molar refractivity (Wildman–Crippen MR) is 114 cm³/mol. The third kappa shape index (κ3) is 3.88. The molecule has 1 unspecified atom stereocenters. The highest BCUT2D eigenvalue weighted by atomic mass is 35.5. The van der Waals surface area contributed by atoms with Crippen LogP contribution in [0.5, 0.6) is 0 Å². The van der Waals surface area contributed by atoms with Crippen molar-refractivity contribution in [3.8, 4) is 0 Å². The number of pyridine rings is 1. The number of anilines is 1. The van der Waals surface area contributed by atoms with Crippen LogP contribution in [-0.2, 0) is 16.1 Å². The van der Waals surface area contributed by atoms with Crippen molar-refractivity contribution < 1.29 is 19.8 Å². The van der Waals surface area contributed by atoms with E-state index in [4.69, 9.17) is 23.2 Å². The molecule has 1 aliphatic rings. The number of aliphatic hydroxyl groups is 2. The Morgan fingerprint density at radius 3 is 2.37 bits per heavy atom. The Labute approximate surface area is 182 Å². The molecule has 1 atom stereocenters. The van der Waals surface area contributed by atoms with E-state index < -0.39 is 29.2 Å². The maximum atomic E-state index is 13.0. The molecule has 1 amide bonds. The summed E-state index contributed by atoms with van der Waals surface area (Å²) >= 11 is 12.1. The number of hydrogen-bond acceptors (Lipinski definition) is 5. The second kappa shape index (κ2) is 8.63. The van der Waals surface area contributed by atoms with Crippen molar-refractivity contribution in [2.75, 3.05) is 11.5 Å². The number of carbonyl (C=O) groups is 2. The molecule has 1 aromatic heterocycles. The summed E-state index contributed by atoms with van der Waals surface area (Å²) in [6, 6.07) is 6.92. The average Bonchev–Trinajstić information content (AvgIpc) is 2.96. The van der Waals surface area contributed by atoms with Gasteiger partial charge in [0.05, 0.1) is 23.9 Å². The summed E-state index contributed by atoms with van der Waals surface area (Å²) in [6.45, 7) is 3.01. The molecule has 9 heteroatoms. The summed E-state index contributed by atoms with van der Waals surface area (Å²) in [4.78, 5) is 39.3. The topological polar surface area (TPSA) is 99.8 Å². The molecular weight excluding hydrogens is 431 g/mol. The number of hydrogen-bond donors (Lipinski definition) is 2. The Kier molecular flexibility index (Phi) is 6.36. The molecule has 1 aromatic carbocycles. The summed E-state index contributed by atoms with van der Waals surface area (Å²) < 4.78 is 1.17. The van der Waals surface area contributed by atoms with Crippen LogP contribution in [-0.4, -0.2) is 33.1 Å². The van der Waals surface area contributed by atoms with E-state index in [1.807, 2.05) is 0 Å². The quantitative estimate of drug-likeness (QED) is 0.703. The molecule has 3 rings (SSSR count). The fourth-order valence-corrected chi connectivity index (χ4v) is 3.73. The summed E-state index contributed by atoms with van der Waals surface area (Å²) in [5, 5.41) is 20.1. The maximum absolute atomic E-state index is 13.0. The van der Waals surface area contributed by atoms with E-state index in [1.54, 1.807) is 38.1 Å². The highest BCUT2D eigenvalue weighted by molar-refractivity contribution is 6.31. The molecular formula is C21H20Cl2N2O5. The molecule has 0 fully saturated rings. The van der Waals surface area contributed by atoms with E-state index >= 15 is 0 Å². The van der Waals surface area contributed by atoms with Crippen LogP contribution in [0.4, 0.5) is 5.69 Å². The minimum Gasteiger partial charge on any atom is -0.503 e.